The summed E-state index contributed by atoms with van der Waals surface area (Å²) in [6, 6.07) is 13.4. The van der Waals surface area contributed by atoms with Crippen molar-refractivity contribution >= 4 is 11.6 Å². The van der Waals surface area contributed by atoms with E-state index in [0.717, 1.165) is 11.1 Å². The van der Waals surface area contributed by atoms with Crippen molar-refractivity contribution in [1.29, 1.82) is 0 Å². The Hall–Kier alpha value is -2.24. The first-order valence-corrected chi connectivity index (χ1v) is 7.55. The van der Waals surface area contributed by atoms with E-state index >= 15 is 0 Å². The number of aliphatic hydroxyl groups is 1. The summed E-state index contributed by atoms with van der Waals surface area (Å²) in [6.07, 6.45) is 0.276. The van der Waals surface area contributed by atoms with Crippen molar-refractivity contribution in [3.8, 4) is 0 Å². The molecule has 2 rings (SSSR count). The summed E-state index contributed by atoms with van der Waals surface area (Å²) in [5.41, 5.74) is 2.33. The second kappa shape index (κ2) is 8.41. The smallest absolute Gasteiger partial charge is 0.225 e. The largest absolute Gasteiger partial charge is 0.392 e. The molecule has 1 unspecified atom stereocenters. The van der Waals surface area contributed by atoms with E-state index in [-0.39, 0.29) is 30.8 Å². The Bertz CT molecular complexity index is 661. The molecule has 2 aromatic rings. The lowest BCUT2D eigenvalue weighted by atomic mass is 10.1. The molecule has 0 saturated heterocycles. The van der Waals surface area contributed by atoms with Crippen LogP contribution in [0.3, 0.4) is 0 Å². The molecule has 3 N–H and O–H groups in total. The lowest BCUT2D eigenvalue weighted by Gasteiger charge is -2.15. The van der Waals surface area contributed by atoms with E-state index in [9.17, 15) is 14.3 Å². The number of benzene rings is 2. The van der Waals surface area contributed by atoms with Crippen LogP contribution in [-0.4, -0.2) is 17.1 Å². The van der Waals surface area contributed by atoms with Crippen molar-refractivity contribution in [1.82, 2.24) is 5.32 Å². The fourth-order valence-electron chi connectivity index (χ4n) is 2.30. The molecule has 23 heavy (non-hydrogen) atoms. The standard InChI is InChI=1S/C18H21FN2O2/c1-13(20-11-14-5-2-3-6-15(14)12-22)9-18(23)21-17-8-4-7-16(19)10-17/h2-8,10,13,20,22H,9,11-12H2,1H3,(H,21,23). The third kappa shape index (κ3) is 5.47. The van der Waals surface area contributed by atoms with Crippen molar-refractivity contribution in [2.24, 2.45) is 0 Å². The van der Waals surface area contributed by atoms with Crippen LogP contribution in [0.4, 0.5) is 10.1 Å². The minimum Gasteiger partial charge on any atom is -0.392 e. The Morgan fingerprint density at radius 1 is 1.17 bits per heavy atom. The molecule has 0 spiro atoms. The molecular weight excluding hydrogens is 295 g/mol. The number of halogens is 1. The van der Waals surface area contributed by atoms with Gasteiger partial charge in [0.2, 0.25) is 5.91 Å². The van der Waals surface area contributed by atoms with Gasteiger partial charge in [-0.15, -0.1) is 0 Å². The number of carbonyl (C=O) groups excluding carboxylic acids is 1. The fraction of sp³-hybridized carbons (Fsp3) is 0.278. The molecule has 0 aliphatic carbocycles. The highest BCUT2D eigenvalue weighted by Gasteiger charge is 2.10. The highest BCUT2D eigenvalue weighted by atomic mass is 19.1. The predicted octanol–water partition coefficient (Wildman–Crippen LogP) is 2.82. The van der Waals surface area contributed by atoms with Gasteiger partial charge in [-0.3, -0.25) is 4.79 Å². The van der Waals surface area contributed by atoms with Gasteiger partial charge in [0.1, 0.15) is 5.82 Å². The molecule has 0 radical (unpaired) electrons. The maximum absolute atomic E-state index is 13.1. The number of amides is 1. The topological polar surface area (TPSA) is 61.4 Å². The number of carbonyl (C=O) groups is 1. The molecule has 122 valence electrons. The van der Waals surface area contributed by atoms with Crippen LogP contribution in [0.2, 0.25) is 0 Å². The van der Waals surface area contributed by atoms with Gasteiger partial charge in [-0.25, -0.2) is 4.39 Å². The van der Waals surface area contributed by atoms with E-state index in [4.69, 9.17) is 0 Å². The van der Waals surface area contributed by atoms with Gasteiger partial charge < -0.3 is 15.7 Å². The lowest BCUT2D eigenvalue weighted by molar-refractivity contribution is -0.116. The quantitative estimate of drug-likeness (QED) is 0.736. The highest BCUT2D eigenvalue weighted by molar-refractivity contribution is 5.91. The van der Waals surface area contributed by atoms with Crippen molar-refractivity contribution in [3.63, 3.8) is 0 Å². The summed E-state index contributed by atoms with van der Waals surface area (Å²) in [6.45, 7) is 2.48. The average molecular weight is 316 g/mol. The van der Waals surface area contributed by atoms with Gasteiger partial charge in [0.25, 0.3) is 0 Å². The summed E-state index contributed by atoms with van der Waals surface area (Å²) in [4.78, 5) is 12.0. The second-order valence-corrected chi connectivity index (χ2v) is 5.47. The van der Waals surface area contributed by atoms with Crippen LogP contribution in [0.15, 0.2) is 48.5 Å². The molecule has 0 aromatic heterocycles. The van der Waals surface area contributed by atoms with E-state index in [0.29, 0.717) is 12.2 Å². The minimum atomic E-state index is -0.380. The fourth-order valence-corrected chi connectivity index (χ4v) is 2.30. The zero-order valence-corrected chi connectivity index (χ0v) is 13.1. The molecule has 0 saturated carbocycles. The van der Waals surface area contributed by atoms with Crippen molar-refractivity contribution < 1.29 is 14.3 Å². The van der Waals surface area contributed by atoms with Crippen LogP contribution in [0.1, 0.15) is 24.5 Å². The number of aliphatic hydroxyl groups excluding tert-OH is 1. The maximum atomic E-state index is 13.1. The SMILES string of the molecule is CC(CC(=O)Nc1cccc(F)c1)NCc1ccccc1CO. The molecule has 5 heteroatoms. The van der Waals surface area contributed by atoms with Crippen molar-refractivity contribution in [2.45, 2.75) is 32.5 Å². The number of nitrogens with one attached hydrogen (secondary N) is 2. The van der Waals surface area contributed by atoms with Gasteiger partial charge in [0.15, 0.2) is 0 Å². The van der Waals surface area contributed by atoms with Crippen LogP contribution >= 0.6 is 0 Å². The molecule has 0 aliphatic heterocycles. The second-order valence-electron chi connectivity index (χ2n) is 5.47. The number of anilines is 1. The van der Waals surface area contributed by atoms with Crippen LogP contribution in [0, 0.1) is 5.82 Å². The normalized spacial score (nSPS) is 12.0. The van der Waals surface area contributed by atoms with Crippen molar-refractivity contribution in [2.75, 3.05) is 5.32 Å². The maximum Gasteiger partial charge on any atom is 0.225 e. The number of rotatable bonds is 7. The van der Waals surface area contributed by atoms with Crippen LogP contribution in [-0.2, 0) is 17.9 Å². The summed E-state index contributed by atoms with van der Waals surface area (Å²) >= 11 is 0. The first-order chi connectivity index (χ1) is 11.1. The Morgan fingerprint density at radius 2 is 1.91 bits per heavy atom. The first kappa shape index (κ1) is 17.1. The van der Waals surface area contributed by atoms with Crippen LogP contribution in [0.5, 0.6) is 0 Å². The summed E-state index contributed by atoms with van der Waals surface area (Å²) in [5.74, 6) is -0.555. The summed E-state index contributed by atoms with van der Waals surface area (Å²) < 4.78 is 13.1. The molecule has 0 heterocycles. The zero-order chi connectivity index (χ0) is 16.7. The predicted molar refractivity (Wildman–Crippen MR) is 88.3 cm³/mol. The molecule has 0 fully saturated rings. The van der Waals surface area contributed by atoms with Gasteiger partial charge in [-0.05, 0) is 36.2 Å². The monoisotopic (exact) mass is 316 g/mol. The van der Waals surface area contributed by atoms with E-state index in [1.165, 1.54) is 12.1 Å². The molecule has 4 nitrogen and oxygen atoms in total. The molecule has 0 aliphatic rings. The molecule has 0 bridgehead atoms. The van der Waals surface area contributed by atoms with E-state index in [2.05, 4.69) is 10.6 Å². The van der Waals surface area contributed by atoms with E-state index in [1.54, 1.807) is 12.1 Å². The first-order valence-electron chi connectivity index (χ1n) is 7.55. The molecule has 1 amide bonds. The molecule has 2 aromatic carbocycles. The van der Waals surface area contributed by atoms with E-state index < -0.39 is 0 Å². The molecule has 1 atom stereocenters. The van der Waals surface area contributed by atoms with Gasteiger partial charge in [-0.2, -0.15) is 0 Å². The summed E-state index contributed by atoms with van der Waals surface area (Å²) in [7, 11) is 0. The van der Waals surface area contributed by atoms with Gasteiger partial charge in [0, 0.05) is 24.7 Å². The highest BCUT2D eigenvalue weighted by Crippen LogP contribution is 2.11. The Labute approximate surface area is 135 Å². The van der Waals surface area contributed by atoms with Gasteiger partial charge in [-0.1, -0.05) is 30.3 Å². The third-order valence-corrected chi connectivity index (χ3v) is 3.53. The molecular formula is C18H21FN2O2. The summed E-state index contributed by atoms with van der Waals surface area (Å²) in [5, 5.41) is 15.2. The van der Waals surface area contributed by atoms with Crippen LogP contribution in [0.25, 0.3) is 0 Å². The zero-order valence-electron chi connectivity index (χ0n) is 13.1. The van der Waals surface area contributed by atoms with Gasteiger partial charge in [0.05, 0.1) is 6.61 Å². The number of hydrogen-bond donors (Lipinski definition) is 3. The van der Waals surface area contributed by atoms with Crippen LogP contribution < -0.4 is 10.6 Å². The minimum absolute atomic E-state index is 0.00765. The third-order valence-electron chi connectivity index (χ3n) is 3.53. The Morgan fingerprint density at radius 3 is 2.61 bits per heavy atom. The lowest BCUT2D eigenvalue weighted by Crippen LogP contribution is -2.30. The van der Waals surface area contributed by atoms with Gasteiger partial charge >= 0.3 is 0 Å². The Kier molecular flexibility index (Phi) is 6.26. The average Bonchev–Trinajstić information content (AvgIpc) is 2.53. The van der Waals surface area contributed by atoms with E-state index in [1.807, 2.05) is 31.2 Å². The van der Waals surface area contributed by atoms with Crippen molar-refractivity contribution in [3.05, 3.63) is 65.5 Å². The Balaban J connectivity index is 1.82. The number of hydrogen-bond acceptors (Lipinski definition) is 3.